The molecule has 1 heterocycles. The van der Waals surface area contributed by atoms with Crippen LogP contribution in [-0.4, -0.2) is 100 Å². The quantitative estimate of drug-likeness (QED) is 0.0195. The molecule has 1 rings (SSSR count). The van der Waals surface area contributed by atoms with Crippen LogP contribution in [0, 0.1) is 0 Å². The number of rotatable bonds is 80. The second kappa shape index (κ2) is 78.0. The van der Waals surface area contributed by atoms with Crippen LogP contribution in [0.25, 0.3) is 0 Å². The molecule has 0 spiro atoms. The molecule has 0 aliphatic carbocycles. The van der Waals surface area contributed by atoms with Crippen molar-refractivity contribution in [3.05, 3.63) is 36.5 Å². The minimum absolute atomic E-state index is 0.0148. The first-order valence-electron chi connectivity index (χ1n) is 44.3. The Hall–Kier alpha value is -2.12. The van der Waals surface area contributed by atoms with Crippen LogP contribution in [0.1, 0.15) is 457 Å². The first-order chi connectivity index (χ1) is 49.2. The van der Waals surface area contributed by atoms with Gasteiger partial charge >= 0.3 is 5.97 Å². The highest BCUT2D eigenvalue weighted by molar-refractivity contribution is 5.76. The second-order valence-electron chi connectivity index (χ2n) is 30.9. The van der Waals surface area contributed by atoms with Gasteiger partial charge < -0.3 is 45.1 Å². The number of nitrogens with one attached hydrogen (secondary N) is 1. The molecule has 11 heteroatoms. The third-order valence-corrected chi connectivity index (χ3v) is 21.2. The van der Waals surface area contributed by atoms with Crippen LogP contribution in [0.4, 0.5) is 0 Å². The number of aliphatic hydroxyl groups excluding tert-OH is 5. The predicted octanol–water partition coefficient (Wildman–Crippen LogP) is 24.8. The molecule has 590 valence electrons. The van der Waals surface area contributed by atoms with Crippen LogP contribution in [0.2, 0.25) is 0 Å². The fourth-order valence-corrected chi connectivity index (χ4v) is 14.3. The molecule has 1 amide bonds. The van der Waals surface area contributed by atoms with E-state index in [9.17, 15) is 35.1 Å². The molecule has 1 saturated heterocycles. The lowest BCUT2D eigenvalue weighted by Crippen LogP contribution is -2.60. The minimum atomic E-state index is -1.57. The highest BCUT2D eigenvalue weighted by Crippen LogP contribution is 2.24. The van der Waals surface area contributed by atoms with Crippen molar-refractivity contribution in [2.24, 2.45) is 0 Å². The molecule has 0 aromatic heterocycles. The Balaban J connectivity index is 1.87. The fourth-order valence-electron chi connectivity index (χ4n) is 14.3. The molecule has 0 saturated carbocycles. The van der Waals surface area contributed by atoms with E-state index in [1.54, 1.807) is 6.08 Å². The van der Waals surface area contributed by atoms with Crippen LogP contribution in [0.15, 0.2) is 36.5 Å². The van der Waals surface area contributed by atoms with E-state index in [-0.39, 0.29) is 18.5 Å². The molecule has 6 N–H and O–H groups in total. The Bertz CT molecular complexity index is 1760. The van der Waals surface area contributed by atoms with Crippen LogP contribution in [0.5, 0.6) is 0 Å². The topological polar surface area (TPSA) is 175 Å². The number of hydrogen-bond donors (Lipinski definition) is 6. The number of aliphatic hydroxyl groups is 5. The van der Waals surface area contributed by atoms with E-state index < -0.39 is 49.5 Å². The number of allylic oxidation sites excluding steroid dienone is 5. The van der Waals surface area contributed by atoms with E-state index in [0.29, 0.717) is 19.4 Å². The van der Waals surface area contributed by atoms with Crippen LogP contribution in [-0.2, 0) is 23.8 Å². The Labute approximate surface area is 619 Å². The van der Waals surface area contributed by atoms with Crippen LogP contribution in [0.3, 0.4) is 0 Å². The summed E-state index contributed by atoms with van der Waals surface area (Å²) in [5, 5.41) is 54.7. The van der Waals surface area contributed by atoms with E-state index in [1.807, 2.05) is 6.08 Å². The van der Waals surface area contributed by atoms with Crippen molar-refractivity contribution in [1.82, 2.24) is 5.32 Å². The highest BCUT2D eigenvalue weighted by atomic mass is 16.7. The summed E-state index contributed by atoms with van der Waals surface area (Å²) in [6.45, 7) is 4.41. The molecule has 7 unspecified atom stereocenters. The summed E-state index contributed by atoms with van der Waals surface area (Å²) < 4.78 is 16.8. The highest BCUT2D eigenvalue weighted by Gasteiger charge is 2.44. The summed E-state index contributed by atoms with van der Waals surface area (Å²) in [6.07, 6.45) is 93.4. The number of esters is 1. The SMILES string of the molecule is CCCCCCCCC/C=C\CCCCCCCCCC(=O)OCCCCCCCCCCCCCCCCCCCC/C=C\CCCCCCCCCCCCCCCCCCCC(=O)NC(COC1OC(CO)C(O)C(O)C1O)C(O)/C=C/CCCCCCCCCCCCCCC. The number of hydrogen-bond acceptors (Lipinski definition) is 10. The molecule has 0 aromatic carbocycles. The molecule has 100 heavy (non-hydrogen) atoms. The monoisotopic (exact) mass is 1410 g/mol. The maximum absolute atomic E-state index is 13.1. The smallest absolute Gasteiger partial charge is 0.305 e. The maximum atomic E-state index is 13.1. The van der Waals surface area contributed by atoms with Crippen molar-refractivity contribution in [3.8, 4) is 0 Å². The van der Waals surface area contributed by atoms with Crippen molar-refractivity contribution >= 4 is 11.9 Å². The molecular formula is C89H169NO10. The summed E-state index contributed by atoms with van der Waals surface area (Å²) in [6, 6.07) is -0.807. The first-order valence-corrected chi connectivity index (χ1v) is 44.3. The van der Waals surface area contributed by atoms with Gasteiger partial charge in [0.2, 0.25) is 5.91 Å². The molecule has 0 radical (unpaired) electrons. The standard InChI is InChI=1S/C89H169NO10/c1-3-5-7-9-11-13-15-17-19-20-45-49-53-57-61-65-69-73-77-85(94)98-78-74-70-66-62-58-54-50-46-43-41-39-37-35-33-31-29-27-25-23-21-22-24-26-28-30-32-34-36-38-40-42-44-48-52-56-60-64-68-72-76-84(93)90-81(80-99-89-88(97)87(96)86(95)83(79-91)100-89)82(92)75-71-67-63-59-55-51-47-18-16-14-12-10-8-6-4-2/h19-22,71,75,81-83,86-89,91-92,95-97H,3-18,23-70,72-74,76-80H2,1-2H3,(H,90,93)/b20-19-,22-21-,75-71+. The van der Waals surface area contributed by atoms with Gasteiger partial charge in [0.05, 0.1) is 32.0 Å². The number of ether oxygens (including phenoxy) is 3. The molecule has 1 fully saturated rings. The second-order valence-corrected chi connectivity index (χ2v) is 30.9. The van der Waals surface area contributed by atoms with E-state index >= 15 is 0 Å². The number of carbonyl (C=O) groups excluding carboxylic acids is 2. The average molecular weight is 1410 g/mol. The number of unbranched alkanes of at least 4 members (excludes halogenated alkanes) is 62. The zero-order chi connectivity index (χ0) is 72.2. The Morgan fingerprint density at radius 1 is 0.360 bits per heavy atom. The summed E-state index contributed by atoms with van der Waals surface area (Å²) in [4.78, 5) is 25.3. The van der Waals surface area contributed by atoms with E-state index in [1.165, 1.54) is 372 Å². The largest absolute Gasteiger partial charge is 0.466 e. The van der Waals surface area contributed by atoms with Crippen molar-refractivity contribution < 1.29 is 49.3 Å². The Morgan fingerprint density at radius 3 is 0.960 bits per heavy atom. The molecule has 0 aromatic rings. The van der Waals surface area contributed by atoms with Gasteiger partial charge in [0, 0.05) is 12.8 Å². The van der Waals surface area contributed by atoms with Gasteiger partial charge in [-0.25, -0.2) is 0 Å². The molecule has 1 aliphatic rings. The van der Waals surface area contributed by atoms with Gasteiger partial charge in [-0.05, 0) is 83.5 Å². The van der Waals surface area contributed by atoms with Crippen molar-refractivity contribution in [3.63, 3.8) is 0 Å². The lowest BCUT2D eigenvalue weighted by Gasteiger charge is -2.40. The molecule has 0 bridgehead atoms. The molecule has 1 aliphatic heterocycles. The van der Waals surface area contributed by atoms with Gasteiger partial charge in [-0.15, -0.1) is 0 Å². The lowest BCUT2D eigenvalue weighted by atomic mass is 9.99. The van der Waals surface area contributed by atoms with Gasteiger partial charge in [0.1, 0.15) is 24.4 Å². The summed E-state index contributed by atoms with van der Waals surface area (Å²) in [5.74, 6) is -0.159. The molecule has 7 atom stereocenters. The summed E-state index contributed by atoms with van der Waals surface area (Å²) in [5.41, 5.74) is 0. The van der Waals surface area contributed by atoms with Gasteiger partial charge in [0.25, 0.3) is 0 Å². The summed E-state index contributed by atoms with van der Waals surface area (Å²) in [7, 11) is 0. The first kappa shape index (κ1) is 95.9. The maximum Gasteiger partial charge on any atom is 0.305 e. The van der Waals surface area contributed by atoms with Gasteiger partial charge in [-0.1, -0.05) is 397 Å². The number of carbonyl (C=O) groups is 2. The predicted molar refractivity (Wildman–Crippen MR) is 426 cm³/mol. The fraction of sp³-hybridized carbons (Fsp3) is 0.910. The van der Waals surface area contributed by atoms with Gasteiger partial charge in [0.15, 0.2) is 6.29 Å². The van der Waals surface area contributed by atoms with E-state index in [4.69, 9.17) is 14.2 Å². The third kappa shape index (κ3) is 65.4. The zero-order valence-electron chi connectivity index (χ0n) is 66.2. The Kier molecular flexibility index (Phi) is 74.8. The van der Waals surface area contributed by atoms with Crippen LogP contribution >= 0.6 is 0 Å². The average Bonchev–Trinajstić information content (AvgIpc) is 0.822. The normalized spacial score (nSPS) is 17.2. The van der Waals surface area contributed by atoms with Crippen molar-refractivity contribution in [2.75, 3.05) is 19.8 Å². The van der Waals surface area contributed by atoms with Gasteiger partial charge in [-0.3, -0.25) is 9.59 Å². The summed E-state index contributed by atoms with van der Waals surface area (Å²) >= 11 is 0. The molecular weight excluding hydrogens is 1240 g/mol. The van der Waals surface area contributed by atoms with Gasteiger partial charge in [-0.2, -0.15) is 0 Å². The van der Waals surface area contributed by atoms with Crippen molar-refractivity contribution in [2.45, 2.75) is 500 Å². The number of amides is 1. The van der Waals surface area contributed by atoms with Crippen LogP contribution < -0.4 is 5.32 Å². The third-order valence-electron chi connectivity index (χ3n) is 21.2. The van der Waals surface area contributed by atoms with E-state index in [2.05, 4.69) is 43.5 Å². The molecule has 11 nitrogen and oxygen atoms in total. The zero-order valence-corrected chi connectivity index (χ0v) is 66.2. The minimum Gasteiger partial charge on any atom is -0.466 e. The van der Waals surface area contributed by atoms with E-state index in [0.717, 1.165) is 57.8 Å². The Morgan fingerprint density at radius 2 is 0.640 bits per heavy atom. The van der Waals surface area contributed by atoms with Crippen molar-refractivity contribution in [1.29, 1.82) is 0 Å². The lowest BCUT2D eigenvalue weighted by molar-refractivity contribution is -0.302.